The maximum Gasteiger partial charge on any atom is 0.241 e. The minimum absolute atomic E-state index is 0.188. The van der Waals surface area contributed by atoms with Crippen LogP contribution in [0.15, 0.2) is 0 Å². The van der Waals surface area contributed by atoms with Gasteiger partial charge in [-0.1, -0.05) is 0 Å². The van der Waals surface area contributed by atoms with Gasteiger partial charge in [-0.2, -0.15) is 10.0 Å². The zero-order valence-corrected chi connectivity index (χ0v) is 6.68. The number of nitrogens with zero attached hydrogens (tertiary/aromatic N) is 1. The minimum atomic E-state index is -0.188. The van der Waals surface area contributed by atoms with Gasteiger partial charge in [0.1, 0.15) is 0 Å². The molecule has 0 saturated heterocycles. The Morgan fingerprint density at radius 3 is 2.30 bits per heavy atom. The molecule has 0 unspecified atom stereocenters. The van der Waals surface area contributed by atoms with Gasteiger partial charge < -0.3 is 0 Å². The lowest BCUT2D eigenvalue weighted by atomic mass is 10.6. The first-order valence-electron chi connectivity index (χ1n) is 3.39. The number of hydrogen-bond acceptors (Lipinski definition) is 3. The zero-order chi connectivity index (χ0) is 7.98. The fourth-order valence-electron chi connectivity index (χ4n) is 0.482. The maximum absolute atomic E-state index is 10.3. The Morgan fingerprint density at radius 1 is 1.50 bits per heavy atom. The van der Waals surface area contributed by atoms with Gasteiger partial charge in [0.05, 0.1) is 0 Å². The summed E-state index contributed by atoms with van der Waals surface area (Å²) in [7, 11) is 0. The Labute approximate surface area is 61.1 Å². The second-order valence-corrected chi connectivity index (χ2v) is 1.86. The molecular weight excluding hydrogens is 132 g/mol. The molecule has 60 valence electrons. The van der Waals surface area contributed by atoms with Gasteiger partial charge in [-0.25, -0.2) is 5.48 Å². The highest BCUT2D eigenvalue weighted by Crippen LogP contribution is 1.83. The summed E-state index contributed by atoms with van der Waals surface area (Å²) in [6.07, 6.45) is 0. The highest BCUT2D eigenvalue weighted by atomic mass is 16.8. The van der Waals surface area contributed by atoms with E-state index in [0.717, 1.165) is 13.1 Å². The maximum atomic E-state index is 10.3. The van der Waals surface area contributed by atoms with Crippen molar-refractivity contribution in [3.8, 4) is 0 Å². The predicted octanol–water partition coefficient (Wildman–Crippen LogP) is 0.311. The van der Waals surface area contributed by atoms with E-state index < -0.39 is 0 Å². The van der Waals surface area contributed by atoms with Crippen molar-refractivity contribution in [1.29, 1.82) is 0 Å². The molecule has 0 heterocycles. The SMILES string of the molecule is CCN(CC)ONC(C)=O. The largest absolute Gasteiger partial charge is 0.273 e. The number of hydroxylamine groups is 3. The lowest BCUT2D eigenvalue weighted by Gasteiger charge is -2.15. The van der Waals surface area contributed by atoms with Crippen LogP contribution in [0.5, 0.6) is 0 Å². The average Bonchev–Trinajstić information content (AvgIpc) is 1.90. The molecule has 10 heavy (non-hydrogen) atoms. The molecule has 0 fully saturated rings. The molecule has 4 heteroatoms. The van der Waals surface area contributed by atoms with E-state index in [1.165, 1.54) is 6.92 Å². The first kappa shape index (κ1) is 9.39. The van der Waals surface area contributed by atoms with Crippen LogP contribution in [0.4, 0.5) is 0 Å². The van der Waals surface area contributed by atoms with Crippen LogP contribution in [0, 0.1) is 0 Å². The molecule has 0 aliphatic heterocycles. The van der Waals surface area contributed by atoms with Crippen LogP contribution in [-0.4, -0.2) is 24.1 Å². The van der Waals surface area contributed by atoms with Gasteiger partial charge >= 0.3 is 0 Å². The predicted molar refractivity (Wildman–Crippen MR) is 37.8 cm³/mol. The second kappa shape index (κ2) is 5.20. The molecule has 0 aromatic carbocycles. The third-order valence-corrected chi connectivity index (χ3v) is 1.02. The van der Waals surface area contributed by atoms with E-state index in [0.29, 0.717) is 0 Å². The molecule has 0 aliphatic rings. The van der Waals surface area contributed by atoms with Crippen molar-refractivity contribution in [3.63, 3.8) is 0 Å². The van der Waals surface area contributed by atoms with E-state index in [4.69, 9.17) is 4.94 Å². The molecule has 0 spiro atoms. The van der Waals surface area contributed by atoms with Gasteiger partial charge in [0, 0.05) is 20.0 Å². The van der Waals surface area contributed by atoms with Crippen LogP contribution in [0.3, 0.4) is 0 Å². The van der Waals surface area contributed by atoms with E-state index in [1.54, 1.807) is 5.06 Å². The summed E-state index contributed by atoms with van der Waals surface area (Å²) in [5.41, 5.74) is 2.23. The molecule has 0 aliphatic carbocycles. The number of nitrogens with one attached hydrogen (secondary N) is 1. The summed E-state index contributed by atoms with van der Waals surface area (Å²) < 4.78 is 0. The van der Waals surface area contributed by atoms with Crippen molar-refractivity contribution in [1.82, 2.24) is 10.5 Å². The quantitative estimate of drug-likeness (QED) is 0.580. The Kier molecular flexibility index (Phi) is 4.88. The van der Waals surface area contributed by atoms with Crippen LogP contribution >= 0.6 is 0 Å². The molecule has 0 rings (SSSR count). The molecule has 4 nitrogen and oxygen atoms in total. The third-order valence-electron chi connectivity index (χ3n) is 1.02. The van der Waals surface area contributed by atoms with Gasteiger partial charge in [0.15, 0.2) is 0 Å². The first-order valence-corrected chi connectivity index (χ1v) is 3.39. The lowest BCUT2D eigenvalue weighted by Crippen LogP contribution is -2.33. The number of carbonyl (C=O) groups excluding carboxylic acids is 1. The van der Waals surface area contributed by atoms with Crippen LogP contribution in [0.2, 0.25) is 0 Å². The summed E-state index contributed by atoms with van der Waals surface area (Å²) in [6, 6.07) is 0. The Morgan fingerprint density at radius 2 is 2.00 bits per heavy atom. The van der Waals surface area contributed by atoms with Crippen molar-refractivity contribution in [2.24, 2.45) is 0 Å². The third kappa shape index (κ3) is 4.29. The van der Waals surface area contributed by atoms with E-state index in [1.807, 2.05) is 13.8 Å². The summed E-state index contributed by atoms with van der Waals surface area (Å²) >= 11 is 0. The van der Waals surface area contributed by atoms with E-state index in [9.17, 15) is 4.79 Å². The van der Waals surface area contributed by atoms with Crippen LogP contribution in [0.25, 0.3) is 0 Å². The van der Waals surface area contributed by atoms with E-state index in [-0.39, 0.29) is 5.91 Å². The molecule has 0 radical (unpaired) electrons. The Balaban J connectivity index is 3.34. The molecule has 1 N–H and O–H groups in total. The van der Waals surface area contributed by atoms with Gasteiger partial charge in [0.25, 0.3) is 0 Å². The van der Waals surface area contributed by atoms with Crippen molar-refractivity contribution in [2.75, 3.05) is 13.1 Å². The molecule has 0 saturated carbocycles. The fourth-order valence-corrected chi connectivity index (χ4v) is 0.482. The monoisotopic (exact) mass is 146 g/mol. The smallest absolute Gasteiger partial charge is 0.241 e. The van der Waals surface area contributed by atoms with Crippen molar-refractivity contribution in [3.05, 3.63) is 0 Å². The highest BCUT2D eigenvalue weighted by molar-refractivity contribution is 5.71. The van der Waals surface area contributed by atoms with Gasteiger partial charge in [0.2, 0.25) is 5.91 Å². The molecule has 0 aromatic heterocycles. The van der Waals surface area contributed by atoms with Gasteiger partial charge in [-0.15, -0.1) is 0 Å². The molecule has 0 bridgehead atoms. The normalized spacial score (nSPS) is 10.0. The summed E-state index contributed by atoms with van der Waals surface area (Å²) in [5, 5.41) is 1.64. The topological polar surface area (TPSA) is 41.6 Å². The lowest BCUT2D eigenvalue weighted by molar-refractivity contribution is -0.207. The van der Waals surface area contributed by atoms with Crippen LogP contribution < -0.4 is 5.48 Å². The number of carbonyl (C=O) groups is 1. The first-order chi connectivity index (χ1) is 4.70. The van der Waals surface area contributed by atoms with E-state index >= 15 is 0 Å². The molecule has 0 atom stereocenters. The number of hydrogen-bond donors (Lipinski definition) is 1. The number of rotatable bonds is 4. The molecule has 0 aromatic rings. The summed E-state index contributed by atoms with van der Waals surface area (Å²) in [4.78, 5) is 15.2. The number of amides is 1. The van der Waals surface area contributed by atoms with Gasteiger partial charge in [-0.05, 0) is 13.8 Å². The average molecular weight is 146 g/mol. The van der Waals surface area contributed by atoms with Crippen molar-refractivity contribution in [2.45, 2.75) is 20.8 Å². The standard InChI is InChI=1S/C6H14N2O2/c1-4-8(5-2)10-7-6(3)9/h4-5H2,1-3H3,(H,7,9). The van der Waals surface area contributed by atoms with Crippen molar-refractivity contribution >= 4 is 5.91 Å². The van der Waals surface area contributed by atoms with Crippen molar-refractivity contribution < 1.29 is 9.73 Å². The molecule has 1 amide bonds. The minimum Gasteiger partial charge on any atom is -0.273 e. The summed E-state index contributed by atoms with van der Waals surface area (Å²) in [5.74, 6) is -0.188. The fraction of sp³-hybridized carbons (Fsp3) is 0.833. The summed E-state index contributed by atoms with van der Waals surface area (Å²) in [6.45, 7) is 6.83. The second-order valence-electron chi connectivity index (χ2n) is 1.86. The molecular formula is C6H14N2O2. The Bertz CT molecular complexity index is 102. The van der Waals surface area contributed by atoms with Crippen LogP contribution in [-0.2, 0) is 9.73 Å². The zero-order valence-electron chi connectivity index (χ0n) is 6.68. The van der Waals surface area contributed by atoms with Gasteiger partial charge in [-0.3, -0.25) is 4.79 Å². The highest BCUT2D eigenvalue weighted by Gasteiger charge is 1.98. The van der Waals surface area contributed by atoms with Crippen LogP contribution in [0.1, 0.15) is 20.8 Å². The van der Waals surface area contributed by atoms with E-state index in [2.05, 4.69) is 5.48 Å². The Hall–Kier alpha value is -0.610.